The molecular formula is C21H43NO2. The van der Waals surface area contributed by atoms with Crippen LogP contribution in [0.25, 0.3) is 0 Å². The Hall–Kier alpha value is -0.570. The van der Waals surface area contributed by atoms with Gasteiger partial charge in [0.05, 0.1) is 5.41 Å². The normalized spacial score (nSPS) is 15.5. The molecule has 0 bridgehead atoms. The maximum Gasteiger partial charge on any atom is 0.312 e. The van der Waals surface area contributed by atoms with Crippen LogP contribution in [0.4, 0.5) is 0 Å². The minimum atomic E-state index is -0.368. The van der Waals surface area contributed by atoms with Gasteiger partial charge in [0, 0.05) is 6.54 Å². The van der Waals surface area contributed by atoms with Crippen LogP contribution in [0.2, 0.25) is 0 Å². The van der Waals surface area contributed by atoms with E-state index in [2.05, 4.69) is 53.4 Å². The fraction of sp³-hybridized carbons (Fsp3) is 0.952. The molecule has 2 unspecified atom stereocenters. The molecular weight excluding hydrogens is 298 g/mol. The monoisotopic (exact) mass is 341 g/mol. The predicted molar refractivity (Wildman–Crippen MR) is 104 cm³/mol. The third-order valence-corrected chi connectivity index (χ3v) is 5.51. The SMILES string of the molecule is CCCCN(CCCC)CCOC(=O)C(C)(CC(C)CC)C(C)C. The second-order valence-electron chi connectivity index (χ2n) is 7.97. The Bertz CT molecular complexity index is 322. The van der Waals surface area contributed by atoms with Gasteiger partial charge in [-0.3, -0.25) is 9.69 Å². The van der Waals surface area contributed by atoms with Crippen LogP contribution in [-0.2, 0) is 9.53 Å². The largest absolute Gasteiger partial charge is 0.464 e. The van der Waals surface area contributed by atoms with E-state index in [1.54, 1.807) is 0 Å². The fourth-order valence-electron chi connectivity index (χ4n) is 2.95. The average molecular weight is 342 g/mol. The van der Waals surface area contributed by atoms with E-state index in [1.165, 1.54) is 25.7 Å². The molecule has 0 rings (SSSR count). The van der Waals surface area contributed by atoms with E-state index in [1.807, 2.05) is 0 Å². The minimum absolute atomic E-state index is 0.0104. The second-order valence-corrected chi connectivity index (χ2v) is 7.97. The smallest absolute Gasteiger partial charge is 0.312 e. The highest BCUT2D eigenvalue weighted by Gasteiger charge is 2.39. The Morgan fingerprint density at radius 1 is 1.00 bits per heavy atom. The molecule has 0 aromatic heterocycles. The maximum absolute atomic E-state index is 12.7. The highest BCUT2D eigenvalue weighted by atomic mass is 16.5. The molecule has 0 amide bonds. The van der Waals surface area contributed by atoms with Crippen molar-refractivity contribution in [2.24, 2.45) is 17.3 Å². The lowest BCUT2D eigenvalue weighted by Crippen LogP contribution is -2.38. The van der Waals surface area contributed by atoms with Gasteiger partial charge in [-0.25, -0.2) is 0 Å². The first-order chi connectivity index (χ1) is 11.3. The van der Waals surface area contributed by atoms with Crippen molar-refractivity contribution in [3.8, 4) is 0 Å². The molecule has 2 atom stereocenters. The van der Waals surface area contributed by atoms with E-state index in [0.29, 0.717) is 18.4 Å². The van der Waals surface area contributed by atoms with Crippen molar-refractivity contribution in [2.75, 3.05) is 26.2 Å². The highest BCUT2D eigenvalue weighted by molar-refractivity contribution is 5.76. The zero-order valence-corrected chi connectivity index (χ0v) is 17.5. The van der Waals surface area contributed by atoms with Gasteiger partial charge in [-0.1, -0.05) is 60.8 Å². The maximum atomic E-state index is 12.7. The molecule has 0 heterocycles. The predicted octanol–water partition coefficient (Wildman–Crippen LogP) is 5.53. The van der Waals surface area contributed by atoms with Crippen LogP contribution in [0.1, 0.15) is 87.0 Å². The number of ether oxygens (including phenoxy) is 1. The van der Waals surface area contributed by atoms with Crippen LogP contribution in [0.5, 0.6) is 0 Å². The molecule has 3 heteroatoms. The summed E-state index contributed by atoms with van der Waals surface area (Å²) in [5.41, 5.74) is -0.368. The number of carbonyl (C=O) groups is 1. The van der Waals surface area contributed by atoms with Gasteiger partial charge < -0.3 is 4.74 Å². The Labute approximate surface area is 151 Å². The van der Waals surface area contributed by atoms with Crippen molar-refractivity contribution in [3.05, 3.63) is 0 Å². The first-order valence-electron chi connectivity index (χ1n) is 10.2. The van der Waals surface area contributed by atoms with Crippen LogP contribution in [0.3, 0.4) is 0 Å². The van der Waals surface area contributed by atoms with Gasteiger partial charge >= 0.3 is 5.97 Å². The molecule has 0 aliphatic carbocycles. The number of hydrogen-bond donors (Lipinski definition) is 0. The van der Waals surface area contributed by atoms with Crippen molar-refractivity contribution < 1.29 is 9.53 Å². The number of hydrogen-bond acceptors (Lipinski definition) is 3. The lowest BCUT2D eigenvalue weighted by Gasteiger charge is -2.34. The van der Waals surface area contributed by atoms with Gasteiger partial charge in [0.15, 0.2) is 0 Å². The van der Waals surface area contributed by atoms with Gasteiger partial charge in [-0.15, -0.1) is 0 Å². The van der Waals surface area contributed by atoms with Crippen molar-refractivity contribution in [3.63, 3.8) is 0 Å². The molecule has 0 spiro atoms. The molecule has 0 aliphatic heterocycles. The molecule has 0 aromatic rings. The molecule has 0 aromatic carbocycles. The van der Waals surface area contributed by atoms with Crippen molar-refractivity contribution in [1.29, 1.82) is 0 Å². The number of unbranched alkanes of at least 4 members (excludes halogenated alkanes) is 2. The highest BCUT2D eigenvalue weighted by Crippen LogP contribution is 2.36. The molecule has 0 radical (unpaired) electrons. The topological polar surface area (TPSA) is 29.5 Å². The first kappa shape index (κ1) is 23.4. The lowest BCUT2D eigenvalue weighted by atomic mass is 9.72. The summed E-state index contributed by atoms with van der Waals surface area (Å²) in [4.78, 5) is 15.2. The van der Waals surface area contributed by atoms with E-state index >= 15 is 0 Å². The van der Waals surface area contributed by atoms with Crippen LogP contribution < -0.4 is 0 Å². The van der Waals surface area contributed by atoms with Gasteiger partial charge in [-0.2, -0.15) is 0 Å². The number of esters is 1. The van der Waals surface area contributed by atoms with E-state index in [0.717, 1.165) is 32.5 Å². The summed E-state index contributed by atoms with van der Waals surface area (Å²) in [6.45, 7) is 18.8. The van der Waals surface area contributed by atoms with E-state index < -0.39 is 0 Å². The van der Waals surface area contributed by atoms with E-state index in [-0.39, 0.29) is 11.4 Å². The quantitative estimate of drug-likeness (QED) is 0.389. The van der Waals surface area contributed by atoms with Crippen LogP contribution in [-0.4, -0.2) is 37.1 Å². The van der Waals surface area contributed by atoms with Crippen molar-refractivity contribution in [2.45, 2.75) is 87.0 Å². The molecule has 0 saturated heterocycles. The summed E-state index contributed by atoms with van der Waals surface area (Å²) in [6.07, 6.45) is 6.88. The van der Waals surface area contributed by atoms with Crippen LogP contribution >= 0.6 is 0 Å². The average Bonchev–Trinajstić information content (AvgIpc) is 2.55. The van der Waals surface area contributed by atoms with Gasteiger partial charge in [0.1, 0.15) is 6.61 Å². The summed E-state index contributed by atoms with van der Waals surface area (Å²) >= 11 is 0. The summed E-state index contributed by atoms with van der Waals surface area (Å²) < 4.78 is 5.72. The molecule has 0 fully saturated rings. The van der Waals surface area contributed by atoms with E-state index in [9.17, 15) is 4.79 Å². The first-order valence-corrected chi connectivity index (χ1v) is 10.2. The molecule has 3 nitrogen and oxygen atoms in total. The Balaban J connectivity index is 4.53. The lowest BCUT2D eigenvalue weighted by molar-refractivity contribution is -0.159. The summed E-state index contributed by atoms with van der Waals surface area (Å²) in [7, 11) is 0. The van der Waals surface area contributed by atoms with Crippen molar-refractivity contribution >= 4 is 5.97 Å². The fourth-order valence-corrected chi connectivity index (χ4v) is 2.95. The number of carbonyl (C=O) groups excluding carboxylic acids is 1. The second kappa shape index (κ2) is 12.7. The summed E-state index contributed by atoms with van der Waals surface area (Å²) in [6, 6.07) is 0. The Morgan fingerprint density at radius 3 is 1.96 bits per heavy atom. The molecule has 0 saturated carbocycles. The number of rotatable bonds is 14. The molecule has 0 N–H and O–H groups in total. The van der Waals surface area contributed by atoms with Gasteiger partial charge in [0.2, 0.25) is 0 Å². The number of nitrogens with zero attached hydrogens (tertiary/aromatic N) is 1. The summed E-state index contributed by atoms with van der Waals surface area (Å²) in [5, 5.41) is 0. The van der Waals surface area contributed by atoms with Gasteiger partial charge in [0.25, 0.3) is 0 Å². The van der Waals surface area contributed by atoms with Crippen molar-refractivity contribution in [1.82, 2.24) is 4.90 Å². The third-order valence-electron chi connectivity index (χ3n) is 5.51. The van der Waals surface area contributed by atoms with Crippen LogP contribution in [0.15, 0.2) is 0 Å². The Morgan fingerprint density at radius 2 is 1.54 bits per heavy atom. The summed E-state index contributed by atoms with van der Waals surface area (Å²) in [5.74, 6) is 0.842. The van der Waals surface area contributed by atoms with Gasteiger partial charge in [-0.05, 0) is 51.1 Å². The zero-order chi connectivity index (χ0) is 18.6. The molecule has 144 valence electrons. The molecule has 24 heavy (non-hydrogen) atoms. The minimum Gasteiger partial charge on any atom is -0.464 e. The standard InChI is InChI=1S/C21H43NO2/c1-8-11-13-22(14-12-9-2)15-16-24-20(23)21(7,18(4)5)17-19(6)10-3/h18-19H,8-17H2,1-7H3. The Kier molecular flexibility index (Phi) is 12.4. The molecule has 0 aliphatic rings. The van der Waals surface area contributed by atoms with E-state index in [4.69, 9.17) is 4.74 Å². The van der Waals surface area contributed by atoms with Crippen LogP contribution in [0, 0.1) is 17.3 Å². The third kappa shape index (κ3) is 8.50. The zero-order valence-electron chi connectivity index (χ0n) is 17.5.